The quantitative estimate of drug-likeness (QED) is 0.0477. The number of hydrogen-bond acceptors (Lipinski definition) is 6. The van der Waals surface area contributed by atoms with Gasteiger partial charge in [0, 0.05) is 0 Å². The fraction of sp³-hybridized carbons (Fsp3) is 0.919. The van der Waals surface area contributed by atoms with Crippen LogP contribution in [0, 0.1) is 0 Å². The third-order valence-corrected chi connectivity index (χ3v) is 20.2. The zero-order chi connectivity index (χ0) is 59.1. The van der Waals surface area contributed by atoms with Gasteiger partial charge in [0.2, 0.25) is 0 Å². The Bertz CT molecular complexity index is 1510. The van der Waals surface area contributed by atoms with Crippen molar-refractivity contribution in [2.45, 2.75) is 425 Å². The summed E-state index contributed by atoms with van der Waals surface area (Å²) in [6, 6.07) is 6.21. The van der Waals surface area contributed by atoms with Crippen LogP contribution in [0.1, 0.15) is 425 Å². The molecule has 6 nitrogen and oxygen atoms in total. The summed E-state index contributed by atoms with van der Waals surface area (Å²) in [5, 5.41) is 0. The molecular formula is C74H142O6S2. The van der Waals surface area contributed by atoms with Gasteiger partial charge in [-0.2, -0.15) is 16.8 Å². The van der Waals surface area contributed by atoms with Gasteiger partial charge in [-0.1, -0.05) is 424 Å². The van der Waals surface area contributed by atoms with Crippen molar-refractivity contribution in [3.05, 3.63) is 24.3 Å². The lowest BCUT2D eigenvalue weighted by molar-refractivity contribution is 0.446. The summed E-state index contributed by atoms with van der Waals surface area (Å²) in [4.78, 5) is 0. The van der Waals surface area contributed by atoms with Crippen LogP contribution in [-0.2, 0) is 20.2 Å². The average Bonchev–Trinajstić information content (AvgIpc) is 3.49. The summed E-state index contributed by atoms with van der Waals surface area (Å²) >= 11 is 0. The number of para-hydroxylation sites is 2. The molecule has 0 saturated carbocycles. The summed E-state index contributed by atoms with van der Waals surface area (Å²) < 4.78 is 62.3. The monoisotopic (exact) mass is 1190 g/mol. The first-order chi connectivity index (χ1) is 40.3. The van der Waals surface area contributed by atoms with Crippen molar-refractivity contribution < 1.29 is 25.2 Å². The Labute approximate surface area is 514 Å². The predicted molar refractivity (Wildman–Crippen MR) is 362 cm³/mol. The van der Waals surface area contributed by atoms with Gasteiger partial charge >= 0.3 is 20.2 Å². The van der Waals surface area contributed by atoms with E-state index in [1.54, 1.807) is 12.1 Å². The van der Waals surface area contributed by atoms with Crippen molar-refractivity contribution in [3.63, 3.8) is 0 Å². The minimum absolute atomic E-state index is 0.0620. The highest BCUT2D eigenvalue weighted by Gasteiger charge is 2.20. The van der Waals surface area contributed by atoms with Gasteiger partial charge in [0.25, 0.3) is 0 Å². The molecule has 0 aliphatic carbocycles. The van der Waals surface area contributed by atoms with Gasteiger partial charge in [-0.25, -0.2) is 0 Å². The molecule has 82 heavy (non-hydrogen) atoms. The van der Waals surface area contributed by atoms with E-state index in [9.17, 15) is 16.8 Å². The number of rotatable bonds is 70. The van der Waals surface area contributed by atoms with Gasteiger partial charge in [-0.3, -0.25) is 0 Å². The fourth-order valence-electron chi connectivity index (χ4n) is 12.3. The van der Waals surface area contributed by atoms with Crippen LogP contribution in [0.4, 0.5) is 0 Å². The topological polar surface area (TPSA) is 86.7 Å². The molecule has 1 aromatic carbocycles. The van der Waals surface area contributed by atoms with E-state index in [1.165, 1.54) is 372 Å². The van der Waals surface area contributed by atoms with E-state index >= 15 is 0 Å². The van der Waals surface area contributed by atoms with Crippen LogP contribution in [0.25, 0.3) is 0 Å². The van der Waals surface area contributed by atoms with Gasteiger partial charge in [0.15, 0.2) is 11.5 Å². The molecule has 1 rings (SSSR count). The molecule has 0 fully saturated rings. The molecule has 0 spiro atoms. The zero-order valence-electron chi connectivity index (χ0n) is 55.2. The molecule has 0 aromatic heterocycles. The average molecular weight is 1190 g/mol. The third kappa shape index (κ3) is 59.1. The van der Waals surface area contributed by atoms with E-state index in [0.29, 0.717) is 12.8 Å². The van der Waals surface area contributed by atoms with Gasteiger partial charge in [0.1, 0.15) is 0 Å². The number of hydrogen-bond donors (Lipinski definition) is 0. The van der Waals surface area contributed by atoms with Crippen LogP contribution < -0.4 is 8.37 Å². The maximum absolute atomic E-state index is 12.9. The number of benzene rings is 1. The first-order valence-corrected chi connectivity index (χ1v) is 40.4. The first kappa shape index (κ1) is 78.7. The Kier molecular flexibility index (Phi) is 60.3. The van der Waals surface area contributed by atoms with Crippen LogP contribution in [0.5, 0.6) is 11.5 Å². The van der Waals surface area contributed by atoms with Gasteiger partial charge in [-0.15, -0.1) is 0 Å². The lowest BCUT2D eigenvalue weighted by Crippen LogP contribution is -2.17. The first-order valence-electron chi connectivity index (χ1n) is 37.2. The molecule has 0 radical (unpaired) electrons. The predicted octanol–water partition coefficient (Wildman–Crippen LogP) is 26.1. The molecule has 0 N–H and O–H groups in total. The maximum Gasteiger partial charge on any atom is 0.309 e. The second kappa shape index (κ2) is 62.8. The fourth-order valence-corrected chi connectivity index (χ4v) is 14.4. The minimum Gasteiger partial charge on any atom is -0.378 e. The largest absolute Gasteiger partial charge is 0.378 e. The molecule has 0 saturated heterocycles. The Hall–Kier alpha value is -1.28. The van der Waals surface area contributed by atoms with Crippen molar-refractivity contribution >= 4 is 20.2 Å². The lowest BCUT2D eigenvalue weighted by atomic mass is 10.0. The lowest BCUT2D eigenvalue weighted by Gasteiger charge is -2.12. The van der Waals surface area contributed by atoms with Crippen LogP contribution >= 0.6 is 0 Å². The molecule has 486 valence electrons. The van der Waals surface area contributed by atoms with E-state index in [-0.39, 0.29) is 23.0 Å². The zero-order valence-corrected chi connectivity index (χ0v) is 56.9. The molecule has 0 aliphatic rings. The Balaban J connectivity index is 1.88. The molecule has 1 aromatic rings. The van der Waals surface area contributed by atoms with E-state index in [1.807, 2.05) is 0 Å². The second-order valence-electron chi connectivity index (χ2n) is 26.1. The molecule has 0 amide bonds. The summed E-state index contributed by atoms with van der Waals surface area (Å²) in [6.07, 6.45) is 86.1. The van der Waals surface area contributed by atoms with Crippen molar-refractivity contribution in [2.24, 2.45) is 0 Å². The van der Waals surface area contributed by atoms with Crippen LogP contribution in [0.3, 0.4) is 0 Å². The molecule has 8 heteroatoms. The smallest absolute Gasteiger partial charge is 0.309 e. The van der Waals surface area contributed by atoms with Crippen molar-refractivity contribution in [1.82, 2.24) is 0 Å². The standard InChI is InChI=1S/C74H142O6S2/c1-3-5-7-9-11-13-15-17-19-21-23-25-27-29-31-33-35-37-39-41-43-45-47-49-51-53-55-57-59-61-63-67-71-81(75,76)79-73-69-65-66-70-74(73)80-82(77,78)72-68-64-62-60-58-56-54-52-50-48-46-44-42-40-38-36-34-32-30-28-26-24-22-20-18-16-14-12-10-8-6-4-2/h65-66,69-70H,3-64,67-68,71-72H2,1-2H3. The van der Waals surface area contributed by atoms with Crippen LogP contribution in [0.15, 0.2) is 24.3 Å². The molecule has 0 unspecified atom stereocenters. The van der Waals surface area contributed by atoms with Crippen molar-refractivity contribution in [2.75, 3.05) is 11.5 Å². The summed E-state index contributed by atoms with van der Waals surface area (Å²) in [6.45, 7) is 4.60. The van der Waals surface area contributed by atoms with E-state index < -0.39 is 20.2 Å². The van der Waals surface area contributed by atoms with Crippen LogP contribution in [0.2, 0.25) is 0 Å². The Morgan fingerprint density at radius 1 is 0.207 bits per heavy atom. The van der Waals surface area contributed by atoms with Crippen LogP contribution in [-0.4, -0.2) is 28.3 Å². The molecule has 0 aliphatic heterocycles. The summed E-state index contributed by atoms with van der Waals surface area (Å²) in [5.41, 5.74) is 0. The van der Waals surface area contributed by atoms with E-state index in [0.717, 1.165) is 38.5 Å². The second-order valence-corrected chi connectivity index (χ2v) is 29.4. The Morgan fingerprint density at radius 2 is 0.329 bits per heavy atom. The molecule has 0 bridgehead atoms. The highest BCUT2D eigenvalue weighted by molar-refractivity contribution is 7.87. The van der Waals surface area contributed by atoms with Gasteiger partial charge < -0.3 is 8.37 Å². The van der Waals surface area contributed by atoms with Gasteiger partial charge in [-0.05, 0) is 25.0 Å². The van der Waals surface area contributed by atoms with Gasteiger partial charge in [0.05, 0.1) is 11.5 Å². The summed E-state index contributed by atoms with van der Waals surface area (Å²) in [7, 11) is -7.75. The summed E-state index contributed by atoms with van der Waals surface area (Å²) in [5.74, 6) is -0.304. The van der Waals surface area contributed by atoms with E-state index in [2.05, 4.69) is 13.8 Å². The maximum atomic E-state index is 12.9. The molecule has 0 atom stereocenters. The number of unbranched alkanes of at least 4 members (excludes halogenated alkanes) is 62. The highest BCUT2D eigenvalue weighted by Crippen LogP contribution is 2.30. The van der Waals surface area contributed by atoms with E-state index in [4.69, 9.17) is 8.37 Å². The Morgan fingerprint density at radius 3 is 0.463 bits per heavy atom. The SMILES string of the molecule is CCCCCCCCCCCCCCCCCCCCCCCCCCCCCCCCCCS(=O)(=O)Oc1ccccc1OS(=O)(=O)CCCCCCCCCCCCCCCCCCCCCCCCCCCCCCCCCC. The molecular weight excluding hydrogens is 1050 g/mol. The molecule has 0 heterocycles. The minimum atomic E-state index is -3.87. The van der Waals surface area contributed by atoms with Crippen molar-refractivity contribution in [3.8, 4) is 11.5 Å². The third-order valence-electron chi connectivity index (χ3n) is 17.8. The van der Waals surface area contributed by atoms with Crippen molar-refractivity contribution in [1.29, 1.82) is 0 Å². The normalized spacial score (nSPS) is 12.0. The highest BCUT2D eigenvalue weighted by atomic mass is 32.2.